The third-order valence-corrected chi connectivity index (χ3v) is 5.16. The van der Waals surface area contributed by atoms with Gasteiger partial charge in [0.2, 0.25) is 5.91 Å². The summed E-state index contributed by atoms with van der Waals surface area (Å²) in [4.78, 5) is 19.5. The Kier molecular flexibility index (Phi) is 7.12. The molecule has 0 saturated carbocycles. The molecule has 2 fully saturated rings. The Hall–Kier alpha value is -0.650. The Morgan fingerprint density at radius 3 is 2.55 bits per heavy atom. The van der Waals surface area contributed by atoms with Crippen molar-refractivity contribution >= 4 is 5.91 Å². The summed E-state index contributed by atoms with van der Waals surface area (Å²) in [6.07, 6.45) is 3.47. The lowest BCUT2D eigenvalue weighted by Gasteiger charge is -2.43. The fraction of sp³-hybridized carbons (Fsp3) is 0.941. The van der Waals surface area contributed by atoms with E-state index in [1.165, 1.54) is 12.8 Å². The van der Waals surface area contributed by atoms with Crippen molar-refractivity contribution in [3.8, 4) is 0 Å². The molecule has 2 aliphatic heterocycles. The maximum Gasteiger partial charge on any atom is 0.239 e. The highest BCUT2D eigenvalue weighted by molar-refractivity contribution is 5.81. The third kappa shape index (κ3) is 4.43. The van der Waals surface area contributed by atoms with Crippen LogP contribution in [0.25, 0.3) is 0 Å². The minimum absolute atomic E-state index is 0.0289. The molecular weight excluding hydrogens is 278 g/mol. The predicted molar refractivity (Wildman–Crippen MR) is 89.0 cm³/mol. The summed E-state index contributed by atoms with van der Waals surface area (Å²) >= 11 is 0. The van der Waals surface area contributed by atoms with E-state index in [4.69, 9.17) is 4.74 Å². The van der Waals surface area contributed by atoms with Crippen molar-refractivity contribution < 1.29 is 9.53 Å². The first-order valence-corrected chi connectivity index (χ1v) is 9.02. The molecule has 22 heavy (non-hydrogen) atoms. The topological polar surface area (TPSA) is 36.0 Å². The Labute approximate surface area is 135 Å². The molecular formula is C17H33N3O2. The van der Waals surface area contributed by atoms with Crippen LogP contribution in [0.1, 0.15) is 40.0 Å². The van der Waals surface area contributed by atoms with Crippen LogP contribution in [0.2, 0.25) is 0 Å². The molecule has 0 N–H and O–H groups in total. The largest absolute Gasteiger partial charge is 0.380 e. The zero-order valence-corrected chi connectivity index (χ0v) is 14.6. The number of hydrogen-bond donors (Lipinski definition) is 0. The number of carbonyl (C=O) groups excluding carboxylic acids is 1. The number of piperazine rings is 1. The summed E-state index contributed by atoms with van der Waals surface area (Å²) in [5.41, 5.74) is 0. The summed E-state index contributed by atoms with van der Waals surface area (Å²) in [6.45, 7) is 13.9. The van der Waals surface area contributed by atoms with Gasteiger partial charge >= 0.3 is 0 Å². The van der Waals surface area contributed by atoms with Gasteiger partial charge in [-0.1, -0.05) is 6.92 Å². The number of carbonyl (C=O) groups is 1. The second kappa shape index (κ2) is 8.85. The van der Waals surface area contributed by atoms with Gasteiger partial charge in [0, 0.05) is 51.9 Å². The van der Waals surface area contributed by atoms with Crippen LogP contribution in [0, 0.1) is 0 Å². The fourth-order valence-corrected chi connectivity index (χ4v) is 3.63. The number of hydrogen-bond acceptors (Lipinski definition) is 4. The van der Waals surface area contributed by atoms with Crippen LogP contribution >= 0.6 is 0 Å². The number of nitrogens with zero attached hydrogens (tertiary/aromatic N) is 3. The average Bonchev–Trinajstić information content (AvgIpc) is 3.08. The second-order valence-corrected chi connectivity index (χ2v) is 6.50. The van der Waals surface area contributed by atoms with Crippen LogP contribution in [-0.4, -0.2) is 85.2 Å². The maximum absolute atomic E-state index is 12.6. The van der Waals surface area contributed by atoms with E-state index in [1.807, 2.05) is 11.8 Å². The van der Waals surface area contributed by atoms with Gasteiger partial charge in [-0.05, 0) is 33.1 Å². The molecule has 0 spiro atoms. The lowest BCUT2D eigenvalue weighted by molar-refractivity contribution is -0.136. The molecule has 0 radical (unpaired) electrons. The van der Waals surface area contributed by atoms with E-state index in [1.54, 1.807) is 0 Å². The van der Waals surface area contributed by atoms with Crippen molar-refractivity contribution in [3.63, 3.8) is 0 Å². The van der Waals surface area contributed by atoms with Crippen molar-refractivity contribution in [1.82, 2.24) is 14.7 Å². The van der Waals surface area contributed by atoms with E-state index in [0.29, 0.717) is 11.9 Å². The lowest BCUT2D eigenvalue weighted by Crippen LogP contribution is -2.58. The van der Waals surface area contributed by atoms with E-state index in [0.717, 1.165) is 58.9 Å². The Morgan fingerprint density at radius 1 is 1.18 bits per heavy atom. The molecule has 0 aromatic heterocycles. The first kappa shape index (κ1) is 17.7. The van der Waals surface area contributed by atoms with Crippen molar-refractivity contribution in [1.29, 1.82) is 0 Å². The summed E-state index contributed by atoms with van der Waals surface area (Å²) in [6, 6.07) is 0.573. The Balaban J connectivity index is 1.84. The van der Waals surface area contributed by atoms with Crippen molar-refractivity contribution in [2.24, 2.45) is 0 Å². The second-order valence-electron chi connectivity index (χ2n) is 6.50. The number of amides is 1. The van der Waals surface area contributed by atoms with Crippen LogP contribution in [0.4, 0.5) is 0 Å². The minimum atomic E-state index is 0.0289. The van der Waals surface area contributed by atoms with Crippen molar-refractivity contribution in [2.45, 2.75) is 52.1 Å². The molecule has 0 aliphatic carbocycles. The molecule has 2 heterocycles. The summed E-state index contributed by atoms with van der Waals surface area (Å²) in [5, 5.41) is 0. The van der Waals surface area contributed by atoms with E-state index in [9.17, 15) is 4.79 Å². The van der Waals surface area contributed by atoms with E-state index in [-0.39, 0.29) is 6.04 Å². The zero-order chi connectivity index (χ0) is 15.9. The normalized spacial score (nSPS) is 25.6. The van der Waals surface area contributed by atoms with Crippen LogP contribution in [-0.2, 0) is 9.53 Å². The smallest absolute Gasteiger partial charge is 0.239 e. The zero-order valence-electron chi connectivity index (χ0n) is 14.6. The highest BCUT2D eigenvalue weighted by Gasteiger charge is 2.33. The van der Waals surface area contributed by atoms with E-state index < -0.39 is 0 Å². The first-order chi connectivity index (χ1) is 10.7. The Morgan fingerprint density at radius 2 is 1.91 bits per heavy atom. The molecule has 128 valence electrons. The van der Waals surface area contributed by atoms with Gasteiger partial charge in [0.1, 0.15) is 0 Å². The van der Waals surface area contributed by atoms with Crippen LogP contribution < -0.4 is 0 Å². The number of rotatable bonds is 7. The molecule has 5 heteroatoms. The number of ether oxygens (including phenoxy) is 1. The maximum atomic E-state index is 12.6. The molecule has 0 bridgehead atoms. The summed E-state index contributed by atoms with van der Waals surface area (Å²) in [7, 11) is 0. The van der Waals surface area contributed by atoms with Crippen LogP contribution in [0.5, 0.6) is 0 Å². The van der Waals surface area contributed by atoms with Crippen LogP contribution in [0.15, 0.2) is 0 Å². The van der Waals surface area contributed by atoms with Crippen LogP contribution in [0.3, 0.4) is 0 Å². The first-order valence-electron chi connectivity index (χ1n) is 9.02. The summed E-state index contributed by atoms with van der Waals surface area (Å²) < 4.78 is 5.49. The molecule has 5 nitrogen and oxygen atoms in total. The van der Waals surface area contributed by atoms with Gasteiger partial charge in [0.05, 0.1) is 12.6 Å². The van der Waals surface area contributed by atoms with Crippen molar-refractivity contribution in [3.05, 3.63) is 0 Å². The molecule has 2 aliphatic rings. The SMILES string of the molecule is CCOCCN1CCN([C@H](C)C(=O)N2CCCC2)C[C@@H]1CC. The van der Waals surface area contributed by atoms with E-state index >= 15 is 0 Å². The van der Waals surface area contributed by atoms with Gasteiger partial charge in [0.25, 0.3) is 0 Å². The fourth-order valence-electron chi connectivity index (χ4n) is 3.63. The predicted octanol–water partition coefficient (Wildman–Crippen LogP) is 1.43. The molecule has 2 saturated heterocycles. The molecule has 0 aromatic rings. The minimum Gasteiger partial charge on any atom is -0.380 e. The van der Waals surface area contributed by atoms with Gasteiger partial charge in [0.15, 0.2) is 0 Å². The van der Waals surface area contributed by atoms with Crippen molar-refractivity contribution in [2.75, 3.05) is 52.5 Å². The highest BCUT2D eigenvalue weighted by atomic mass is 16.5. The molecule has 2 rings (SSSR count). The van der Waals surface area contributed by atoms with E-state index in [2.05, 4.69) is 23.6 Å². The van der Waals surface area contributed by atoms with Gasteiger partial charge in [-0.25, -0.2) is 0 Å². The Bertz CT molecular complexity index is 345. The standard InChI is InChI=1S/C17H33N3O2/c1-4-16-14-20(11-10-18(16)12-13-22-5-2)15(3)17(21)19-8-6-7-9-19/h15-16H,4-14H2,1-3H3/t15-,16+/m1/s1. The molecule has 1 amide bonds. The van der Waals surface area contributed by atoms with Gasteiger partial charge < -0.3 is 9.64 Å². The molecule has 0 aromatic carbocycles. The highest BCUT2D eigenvalue weighted by Crippen LogP contribution is 2.18. The molecule has 2 atom stereocenters. The monoisotopic (exact) mass is 311 g/mol. The van der Waals surface area contributed by atoms with Gasteiger partial charge in [-0.2, -0.15) is 0 Å². The lowest BCUT2D eigenvalue weighted by atomic mass is 10.1. The van der Waals surface area contributed by atoms with Gasteiger partial charge in [-0.15, -0.1) is 0 Å². The number of likely N-dealkylation sites (tertiary alicyclic amines) is 1. The quantitative estimate of drug-likeness (QED) is 0.667. The van der Waals surface area contributed by atoms with Gasteiger partial charge in [-0.3, -0.25) is 14.6 Å². The summed E-state index contributed by atoms with van der Waals surface area (Å²) in [5.74, 6) is 0.329. The third-order valence-electron chi connectivity index (χ3n) is 5.16. The molecule has 0 unspecified atom stereocenters. The average molecular weight is 311 g/mol.